The van der Waals surface area contributed by atoms with E-state index in [0.717, 1.165) is 12.6 Å². The summed E-state index contributed by atoms with van der Waals surface area (Å²) in [5.74, 6) is 0. The lowest BCUT2D eigenvalue weighted by Crippen LogP contribution is -2.31. The van der Waals surface area contributed by atoms with E-state index in [0.29, 0.717) is 5.25 Å². The highest BCUT2D eigenvalue weighted by molar-refractivity contribution is 9.10. The Morgan fingerprint density at radius 1 is 1.35 bits per heavy atom. The summed E-state index contributed by atoms with van der Waals surface area (Å²) in [5.41, 5.74) is 0. The number of benzene rings is 1. The summed E-state index contributed by atoms with van der Waals surface area (Å²) in [6.07, 6.45) is 5.55. The van der Waals surface area contributed by atoms with Gasteiger partial charge in [-0.2, -0.15) is 0 Å². The Morgan fingerprint density at radius 3 is 2.76 bits per heavy atom. The van der Waals surface area contributed by atoms with Crippen molar-refractivity contribution in [3.63, 3.8) is 0 Å². The highest BCUT2D eigenvalue weighted by Crippen LogP contribution is 2.30. The summed E-state index contributed by atoms with van der Waals surface area (Å²) in [5, 5.41) is 4.30. The average molecular weight is 314 g/mol. The van der Waals surface area contributed by atoms with Gasteiger partial charge in [0.25, 0.3) is 0 Å². The molecule has 1 unspecified atom stereocenters. The maximum atomic E-state index is 3.68. The third kappa shape index (κ3) is 4.31. The zero-order valence-electron chi connectivity index (χ0n) is 10.3. The fourth-order valence-electron chi connectivity index (χ4n) is 2.26. The van der Waals surface area contributed by atoms with Crippen molar-refractivity contribution >= 4 is 27.7 Å². The van der Waals surface area contributed by atoms with Gasteiger partial charge in [-0.1, -0.05) is 31.9 Å². The Morgan fingerprint density at radius 2 is 2.06 bits per heavy atom. The monoisotopic (exact) mass is 313 g/mol. The van der Waals surface area contributed by atoms with Crippen molar-refractivity contribution in [2.45, 2.75) is 48.8 Å². The van der Waals surface area contributed by atoms with Crippen LogP contribution in [0.25, 0.3) is 0 Å². The number of thioether (sulfide) groups is 1. The molecule has 0 aliphatic heterocycles. The van der Waals surface area contributed by atoms with Gasteiger partial charge in [-0.05, 0) is 40.9 Å². The zero-order valence-corrected chi connectivity index (χ0v) is 12.7. The number of rotatable bonds is 5. The molecule has 0 aromatic heterocycles. The van der Waals surface area contributed by atoms with E-state index in [9.17, 15) is 0 Å². The molecule has 0 radical (unpaired) electrons. The molecule has 1 aromatic carbocycles. The molecule has 1 saturated carbocycles. The van der Waals surface area contributed by atoms with Crippen LogP contribution >= 0.6 is 27.7 Å². The van der Waals surface area contributed by atoms with Crippen molar-refractivity contribution in [1.82, 2.24) is 5.32 Å². The largest absolute Gasteiger partial charge is 0.313 e. The molecule has 3 heteroatoms. The van der Waals surface area contributed by atoms with Crippen LogP contribution in [-0.2, 0) is 0 Å². The van der Waals surface area contributed by atoms with Crippen LogP contribution < -0.4 is 5.32 Å². The smallest absolute Gasteiger partial charge is 0.0311 e. The SMILES string of the molecule is CC(CNC1CCCC1)Sc1ccccc1Br. The highest BCUT2D eigenvalue weighted by Gasteiger charge is 2.15. The number of hydrogen-bond acceptors (Lipinski definition) is 2. The standard InChI is InChI=1S/C14H20BrNS/c1-11(10-16-12-6-2-3-7-12)17-14-9-5-4-8-13(14)15/h4-5,8-9,11-12,16H,2-3,6-7,10H2,1H3. The van der Waals surface area contributed by atoms with Gasteiger partial charge in [0.1, 0.15) is 0 Å². The van der Waals surface area contributed by atoms with E-state index in [4.69, 9.17) is 0 Å². The molecule has 94 valence electrons. The quantitative estimate of drug-likeness (QED) is 0.805. The van der Waals surface area contributed by atoms with Gasteiger partial charge in [-0.3, -0.25) is 0 Å². The molecular weight excluding hydrogens is 294 g/mol. The predicted octanol–water partition coefficient (Wildman–Crippen LogP) is 4.46. The van der Waals surface area contributed by atoms with E-state index < -0.39 is 0 Å². The van der Waals surface area contributed by atoms with E-state index >= 15 is 0 Å². The minimum Gasteiger partial charge on any atom is -0.313 e. The Balaban J connectivity index is 1.76. The van der Waals surface area contributed by atoms with E-state index in [1.807, 2.05) is 11.8 Å². The van der Waals surface area contributed by atoms with Crippen LogP contribution in [0.1, 0.15) is 32.6 Å². The van der Waals surface area contributed by atoms with E-state index in [-0.39, 0.29) is 0 Å². The number of halogens is 1. The molecule has 1 N–H and O–H groups in total. The molecule has 0 bridgehead atoms. The lowest BCUT2D eigenvalue weighted by Gasteiger charge is -2.17. The molecule has 0 heterocycles. The summed E-state index contributed by atoms with van der Waals surface area (Å²) in [6.45, 7) is 3.41. The van der Waals surface area contributed by atoms with Crippen LogP contribution in [-0.4, -0.2) is 17.8 Å². The first-order valence-electron chi connectivity index (χ1n) is 6.40. The lowest BCUT2D eigenvalue weighted by atomic mass is 10.2. The van der Waals surface area contributed by atoms with Gasteiger partial charge in [0.2, 0.25) is 0 Å². The number of nitrogens with one attached hydrogen (secondary N) is 1. The number of hydrogen-bond donors (Lipinski definition) is 1. The Hall–Kier alpha value is 0.01000. The lowest BCUT2D eigenvalue weighted by molar-refractivity contribution is 0.527. The van der Waals surface area contributed by atoms with Crippen LogP contribution in [0, 0.1) is 0 Å². The van der Waals surface area contributed by atoms with E-state index in [1.165, 1.54) is 35.1 Å². The third-order valence-corrected chi connectivity index (χ3v) is 5.35. The van der Waals surface area contributed by atoms with Crippen molar-refractivity contribution in [1.29, 1.82) is 0 Å². The van der Waals surface area contributed by atoms with Crippen LogP contribution in [0.5, 0.6) is 0 Å². The molecule has 1 atom stereocenters. The third-order valence-electron chi connectivity index (χ3n) is 3.21. The van der Waals surface area contributed by atoms with Crippen molar-refractivity contribution in [3.05, 3.63) is 28.7 Å². The normalized spacial score (nSPS) is 18.5. The molecule has 17 heavy (non-hydrogen) atoms. The van der Waals surface area contributed by atoms with E-state index in [2.05, 4.69) is 52.4 Å². The first-order valence-corrected chi connectivity index (χ1v) is 8.07. The topological polar surface area (TPSA) is 12.0 Å². The second-order valence-corrected chi connectivity index (χ2v) is 7.08. The van der Waals surface area contributed by atoms with Crippen molar-refractivity contribution in [2.24, 2.45) is 0 Å². The maximum absolute atomic E-state index is 3.68. The Labute approximate surface area is 117 Å². The molecule has 0 spiro atoms. The van der Waals surface area contributed by atoms with Gasteiger partial charge in [0, 0.05) is 27.2 Å². The minimum absolute atomic E-state index is 0.620. The molecule has 1 nitrogen and oxygen atoms in total. The van der Waals surface area contributed by atoms with Gasteiger partial charge < -0.3 is 5.32 Å². The van der Waals surface area contributed by atoms with Crippen molar-refractivity contribution in [2.75, 3.05) is 6.54 Å². The van der Waals surface area contributed by atoms with Crippen LogP contribution in [0.3, 0.4) is 0 Å². The Kier molecular flexibility index (Phi) is 5.39. The predicted molar refractivity (Wildman–Crippen MR) is 79.7 cm³/mol. The first-order chi connectivity index (χ1) is 8.25. The van der Waals surface area contributed by atoms with E-state index in [1.54, 1.807) is 0 Å². The summed E-state index contributed by atoms with van der Waals surface area (Å²) in [6, 6.07) is 9.23. The summed E-state index contributed by atoms with van der Waals surface area (Å²) >= 11 is 5.55. The second kappa shape index (κ2) is 6.81. The Bertz CT molecular complexity index is 350. The average Bonchev–Trinajstić information content (AvgIpc) is 2.82. The molecule has 1 aliphatic rings. The highest BCUT2D eigenvalue weighted by atomic mass is 79.9. The minimum atomic E-state index is 0.620. The molecule has 0 amide bonds. The van der Waals surface area contributed by atoms with Crippen LogP contribution in [0.4, 0.5) is 0 Å². The molecule has 1 aromatic rings. The first kappa shape index (κ1) is 13.4. The zero-order chi connectivity index (χ0) is 12.1. The summed E-state index contributed by atoms with van der Waals surface area (Å²) in [7, 11) is 0. The fraction of sp³-hybridized carbons (Fsp3) is 0.571. The van der Waals surface area contributed by atoms with Gasteiger partial charge in [0.05, 0.1) is 0 Å². The molecule has 0 saturated heterocycles. The van der Waals surface area contributed by atoms with Crippen LogP contribution in [0.2, 0.25) is 0 Å². The fourth-order valence-corrected chi connectivity index (χ4v) is 3.78. The molecular formula is C14H20BrNS. The maximum Gasteiger partial charge on any atom is 0.0311 e. The van der Waals surface area contributed by atoms with Gasteiger partial charge >= 0.3 is 0 Å². The summed E-state index contributed by atoms with van der Waals surface area (Å²) in [4.78, 5) is 1.34. The molecule has 1 fully saturated rings. The van der Waals surface area contributed by atoms with Gasteiger partial charge in [0.15, 0.2) is 0 Å². The van der Waals surface area contributed by atoms with Crippen LogP contribution in [0.15, 0.2) is 33.6 Å². The van der Waals surface area contributed by atoms with Gasteiger partial charge in [-0.25, -0.2) is 0 Å². The molecule has 1 aliphatic carbocycles. The summed E-state index contributed by atoms with van der Waals surface area (Å²) < 4.78 is 1.21. The second-order valence-electron chi connectivity index (χ2n) is 4.75. The van der Waals surface area contributed by atoms with Gasteiger partial charge in [-0.15, -0.1) is 11.8 Å². The van der Waals surface area contributed by atoms with Crippen molar-refractivity contribution < 1.29 is 0 Å². The molecule has 2 rings (SSSR count). The van der Waals surface area contributed by atoms with Crippen molar-refractivity contribution in [3.8, 4) is 0 Å².